The van der Waals surface area contributed by atoms with Crippen LogP contribution in [0.1, 0.15) is 45.1 Å². The van der Waals surface area contributed by atoms with E-state index in [0.717, 1.165) is 22.3 Å². The number of rotatable bonds is 9. The highest BCUT2D eigenvalue weighted by molar-refractivity contribution is 5.50. The third kappa shape index (κ3) is 4.89. The Morgan fingerprint density at radius 1 is 0.511 bits per heavy atom. The van der Waals surface area contributed by atoms with E-state index in [9.17, 15) is 5.11 Å². The highest BCUT2D eigenvalue weighted by Gasteiger charge is 2.47. The van der Waals surface area contributed by atoms with Gasteiger partial charge < -0.3 is 5.11 Å². The van der Waals surface area contributed by atoms with Crippen LogP contribution in [-0.2, 0) is 11.1 Å². The van der Waals surface area contributed by atoms with Gasteiger partial charge in [0.15, 0.2) is 11.4 Å². The minimum atomic E-state index is -1.63. The van der Waals surface area contributed by atoms with E-state index in [0.29, 0.717) is 17.0 Å². The number of aliphatic hydroxyl groups is 1. The molecule has 1 atom stereocenters. The number of aromatic nitrogens is 6. The van der Waals surface area contributed by atoms with E-state index in [1.54, 1.807) is 29.6 Å². The van der Waals surface area contributed by atoms with Gasteiger partial charge in [0.1, 0.15) is 5.60 Å². The van der Waals surface area contributed by atoms with Crippen LogP contribution >= 0.6 is 0 Å². The Bertz CT molecular complexity index is 1820. The molecule has 4 aromatic carbocycles. The fraction of sp³-hybridized carbons (Fsp3) is 0.0789. The van der Waals surface area contributed by atoms with E-state index in [4.69, 9.17) is 15.4 Å². The van der Waals surface area contributed by atoms with E-state index in [1.807, 2.05) is 109 Å². The second-order valence-corrected chi connectivity index (χ2v) is 10.8. The van der Waals surface area contributed by atoms with E-state index < -0.39 is 17.1 Å². The van der Waals surface area contributed by atoms with Gasteiger partial charge in [0.05, 0.1) is 5.92 Å². The van der Waals surface area contributed by atoms with E-state index >= 15 is 0 Å². The second-order valence-electron chi connectivity index (χ2n) is 10.8. The van der Waals surface area contributed by atoms with Gasteiger partial charge in [0.25, 0.3) is 0 Å². The maximum Gasteiger partial charge on any atom is 0.185 e. The van der Waals surface area contributed by atoms with Gasteiger partial charge in [-0.15, -0.1) is 15.0 Å². The number of hydrogen-bond acceptors (Lipinski definition) is 6. The molecule has 0 aliphatic rings. The molecular formula is C38H30N6O. The first-order valence-corrected chi connectivity index (χ1v) is 14.8. The molecule has 0 fully saturated rings. The summed E-state index contributed by atoms with van der Waals surface area (Å²) < 4.78 is 0. The SMILES string of the molecule is OC(c1cccnc1)(c1cccnc1)C(c1ccccc1)c1nnn(C(c2ccccc2)(c2ccccc2)c2ccccc2)n1. The topological polar surface area (TPSA) is 89.6 Å². The average Bonchev–Trinajstić information content (AvgIpc) is 3.61. The third-order valence-corrected chi connectivity index (χ3v) is 8.32. The zero-order valence-electron chi connectivity index (χ0n) is 24.4. The lowest BCUT2D eigenvalue weighted by Gasteiger charge is -2.36. The normalized spacial score (nSPS) is 12.5. The van der Waals surface area contributed by atoms with Gasteiger partial charge in [-0.05, 0) is 39.6 Å². The van der Waals surface area contributed by atoms with Gasteiger partial charge in [-0.3, -0.25) is 9.97 Å². The standard InChI is InChI=1S/C38H30N6O/c45-38(33-23-13-25-39-27-33,34-24-14-26-40-28-34)35(29-15-5-1-6-16-29)36-41-43-44(42-36)37(30-17-7-2-8-18-30,31-19-9-3-10-20-31)32-21-11-4-12-22-32/h1-28,35,45H. The minimum Gasteiger partial charge on any atom is -0.379 e. The van der Waals surface area contributed by atoms with Crippen molar-refractivity contribution >= 4 is 0 Å². The predicted octanol–water partition coefficient (Wildman–Crippen LogP) is 6.37. The lowest BCUT2D eigenvalue weighted by molar-refractivity contribution is 0.0589. The van der Waals surface area contributed by atoms with Crippen LogP contribution in [0.25, 0.3) is 0 Å². The summed E-state index contributed by atoms with van der Waals surface area (Å²) in [5.41, 5.74) is 2.31. The molecule has 45 heavy (non-hydrogen) atoms. The van der Waals surface area contributed by atoms with Crippen molar-refractivity contribution in [3.05, 3.63) is 210 Å². The molecule has 7 nitrogen and oxygen atoms in total. The van der Waals surface area contributed by atoms with Gasteiger partial charge in [0.2, 0.25) is 0 Å². The van der Waals surface area contributed by atoms with Gasteiger partial charge in [-0.1, -0.05) is 133 Å². The molecule has 0 saturated heterocycles. The molecule has 0 saturated carbocycles. The highest BCUT2D eigenvalue weighted by Crippen LogP contribution is 2.46. The average molecular weight is 587 g/mol. The molecule has 1 unspecified atom stereocenters. The summed E-state index contributed by atoms with van der Waals surface area (Å²) in [6, 6.07) is 47.7. The number of pyridine rings is 2. The van der Waals surface area contributed by atoms with Crippen molar-refractivity contribution in [2.24, 2.45) is 0 Å². The Hall–Kier alpha value is -5.79. The monoisotopic (exact) mass is 586 g/mol. The smallest absolute Gasteiger partial charge is 0.185 e. The van der Waals surface area contributed by atoms with Crippen molar-refractivity contribution in [2.75, 3.05) is 0 Å². The second kappa shape index (κ2) is 12.1. The first-order valence-electron chi connectivity index (χ1n) is 14.8. The Labute approximate surface area is 261 Å². The van der Waals surface area contributed by atoms with Crippen LogP contribution in [-0.4, -0.2) is 35.3 Å². The van der Waals surface area contributed by atoms with Crippen LogP contribution in [0.5, 0.6) is 0 Å². The zero-order valence-corrected chi connectivity index (χ0v) is 24.4. The van der Waals surface area contributed by atoms with Gasteiger partial charge in [-0.2, -0.15) is 0 Å². The van der Waals surface area contributed by atoms with Crippen molar-refractivity contribution in [1.29, 1.82) is 0 Å². The Balaban J connectivity index is 1.52. The third-order valence-electron chi connectivity index (χ3n) is 8.32. The molecule has 7 rings (SSSR count). The summed E-state index contributed by atoms with van der Waals surface area (Å²) in [5, 5.41) is 27.7. The fourth-order valence-electron chi connectivity index (χ4n) is 6.27. The molecule has 0 aliphatic carbocycles. The first-order chi connectivity index (χ1) is 22.2. The molecule has 1 N–H and O–H groups in total. The molecule has 218 valence electrons. The van der Waals surface area contributed by atoms with Crippen LogP contribution in [0, 0.1) is 0 Å². The van der Waals surface area contributed by atoms with Gasteiger partial charge in [0, 0.05) is 35.9 Å². The maximum absolute atomic E-state index is 13.0. The van der Waals surface area contributed by atoms with Crippen LogP contribution in [0.15, 0.2) is 170 Å². The van der Waals surface area contributed by atoms with Crippen molar-refractivity contribution in [3.8, 4) is 0 Å². The molecule has 3 heterocycles. The summed E-state index contributed by atoms with van der Waals surface area (Å²) in [5.74, 6) is -0.413. The van der Waals surface area contributed by atoms with Gasteiger partial charge in [-0.25, -0.2) is 0 Å². The first kappa shape index (κ1) is 28.0. The quantitative estimate of drug-likeness (QED) is 0.198. The van der Waals surface area contributed by atoms with Crippen molar-refractivity contribution in [2.45, 2.75) is 17.1 Å². The van der Waals surface area contributed by atoms with Crippen LogP contribution in [0.2, 0.25) is 0 Å². The molecule has 0 bridgehead atoms. The Morgan fingerprint density at radius 3 is 1.36 bits per heavy atom. The lowest BCUT2D eigenvalue weighted by atomic mass is 9.73. The summed E-state index contributed by atoms with van der Waals surface area (Å²) in [4.78, 5) is 10.4. The summed E-state index contributed by atoms with van der Waals surface area (Å²) >= 11 is 0. The van der Waals surface area contributed by atoms with Crippen LogP contribution in [0.3, 0.4) is 0 Å². The van der Waals surface area contributed by atoms with E-state index in [-0.39, 0.29) is 0 Å². The molecular weight excluding hydrogens is 556 g/mol. The number of tetrazole rings is 1. The van der Waals surface area contributed by atoms with Crippen molar-refractivity contribution in [3.63, 3.8) is 0 Å². The molecule has 0 radical (unpaired) electrons. The zero-order chi connectivity index (χ0) is 30.5. The highest BCUT2D eigenvalue weighted by atomic mass is 16.3. The molecule has 0 spiro atoms. The number of benzene rings is 4. The molecule has 3 aromatic heterocycles. The van der Waals surface area contributed by atoms with Crippen LogP contribution < -0.4 is 0 Å². The van der Waals surface area contributed by atoms with E-state index in [2.05, 4.69) is 46.4 Å². The van der Waals surface area contributed by atoms with Crippen molar-refractivity contribution in [1.82, 2.24) is 30.2 Å². The van der Waals surface area contributed by atoms with E-state index in [1.165, 1.54) is 0 Å². The summed E-state index contributed by atoms with van der Waals surface area (Å²) in [6.07, 6.45) is 6.73. The maximum atomic E-state index is 13.0. The lowest BCUT2D eigenvalue weighted by Crippen LogP contribution is -2.40. The fourth-order valence-corrected chi connectivity index (χ4v) is 6.27. The Kier molecular flexibility index (Phi) is 7.51. The predicted molar refractivity (Wildman–Crippen MR) is 172 cm³/mol. The summed E-state index contributed by atoms with van der Waals surface area (Å²) in [6.45, 7) is 0. The Morgan fingerprint density at radius 2 is 0.933 bits per heavy atom. The molecule has 7 heteroatoms. The number of nitrogens with zero attached hydrogens (tertiary/aromatic N) is 6. The minimum absolute atomic E-state index is 0.351. The summed E-state index contributed by atoms with van der Waals surface area (Å²) in [7, 11) is 0. The van der Waals surface area contributed by atoms with Gasteiger partial charge >= 0.3 is 0 Å². The molecule has 7 aromatic rings. The largest absolute Gasteiger partial charge is 0.379 e. The van der Waals surface area contributed by atoms with Crippen molar-refractivity contribution < 1.29 is 5.11 Å². The number of hydrogen-bond donors (Lipinski definition) is 1. The molecule has 0 amide bonds. The van der Waals surface area contributed by atoms with Crippen LogP contribution in [0.4, 0.5) is 0 Å². The molecule has 0 aliphatic heterocycles.